The van der Waals surface area contributed by atoms with Gasteiger partial charge in [0.25, 0.3) is 0 Å². The Morgan fingerprint density at radius 2 is 0.707 bits per heavy atom. The van der Waals surface area contributed by atoms with Crippen LogP contribution in [0.25, 0.3) is 55.6 Å². The lowest BCUT2D eigenvalue weighted by molar-refractivity contribution is 0.660. The quantitative estimate of drug-likeness (QED) is 0.135. The lowest BCUT2D eigenvalue weighted by Crippen LogP contribution is -2.18. The molecule has 0 saturated carbocycles. The van der Waals surface area contributed by atoms with E-state index in [-0.39, 0.29) is 5.41 Å². The molecule has 360 valence electrons. The summed E-state index contributed by atoms with van der Waals surface area (Å²) in [5, 5.41) is 0. The first-order chi connectivity index (χ1) is 37.0. The van der Waals surface area contributed by atoms with Crippen LogP contribution in [0.4, 0.5) is 34.1 Å². The largest absolute Gasteiger partial charge is 0.310 e. The average molecular weight is 963 g/mol. The summed E-state index contributed by atoms with van der Waals surface area (Å²) < 4.78 is 0. The number of hydrogen-bond donors (Lipinski definition) is 0. The van der Waals surface area contributed by atoms with Gasteiger partial charge in [-0.05, 0) is 175 Å². The van der Waals surface area contributed by atoms with E-state index in [0.29, 0.717) is 0 Å². The number of para-hydroxylation sites is 2. The van der Waals surface area contributed by atoms with Crippen molar-refractivity contribution in [3.63, 3.8) is 0 Å². The SMILES string of the molecule is CC1(C)c2ccccc2-c2c(-c3ccccc3)cc(N(c3ccc(-c4c(-c5ccccc5)cccc4-c4ccccc4)cc3)c3cc4ccc3CCc3ccc(c(N(c5ccccc5)c5ccccc5)c3)CC4)cc21. The van der Waals surface area contributed by atoms with Crippen molar-refractivity contribution in [2.45, 2.75) is 44.9 Å². The van der Waals surface area contributed by atoms with Crippen LogP contribution in [-0.2, 0) is 31.1 Å². The Balaban J connectivity index is 0.988. The molecule has 2 nitrogen and oxygen atoms in total. The van der Waals surface area contributed by atoms with Crippen molar-refractivity contribution in [3.05, 3.63) is 300 Å². The maximum atomic E-state index is 2.58. The average Bonchev–Trinajstić information content (AvgIpc) is 3.73. The highest BCUT2D eigenvalue weighted by Crippen LogP contribution is 2.55. The minimum absolute atomic E-state index is 0.214. The van der Waals surface area contributed by atoms with Crippen LogP contribution in [0, 0.1) is 0 Å². The number of anilines is 6. The molecule has 0 aliphatic heterocycles. The van der Waals surface area contributed by atoms with Gasteiger partial charge in [-0.3, -0.25) is 0 Å². The molecule has 0 radical (unpaired) electrons. The van der Waals surface area contributed by atoms with Gasteiger partial charge in [0, 0.05) is 39.5 Å². The van der Waals surface area contributed by atoms with Crippen LogP contribution in [0.1, 0.15) is 47.2 Å². The second kappa shape index (κ2) is 19.5. The van der Waals surface area contributed by atoms with Gasteiger partial charge in [0.05, 0.1) is 0 Å². The summed E-state index contributed by atoms with van der Waals surface area (Å²) in [6.07, 6.45) is 3.56. The maximum absolute atomic E-state index is 2.58. The van der Waals surface area contributed by atoms with Gasteiger partial charge in [-0.25, -0.2) is 0 Å². The molecule has 16 rings (SSSR count). The molecule has 0 fully saturated rings. The topological polar surface area (TPSA) is 6.48 Å². The molecule has 0 heterocycles. The molecule has 0 N–H and O–H groups in total. The lowest BCUT2D eigenvalue weighted by Gasteiger charge is -2.32. The molecular formula is C73H58N2. The minimum atomic E-state index is -0.214. The van der Waals surface area contributed by atoms with E-state index in [4.69, 9.17) is 0 Å². The standard InChI is InChI=1S/C73H58N2/c1-73(2)67-34-19-18-31-65(67)72-66(55-25-12-5-13-26-55)49-62(50-68(72)73)75(61-45-43-58(44-46-61)71-63(53-21-8-3-9-22-53)32-20-33-64(71)54-23-10-4-11-24-54)70-48-52-36-40-56-39-35-51(37-41-57(70)42-38-52)47-69(56)74(59-27-14-6-15-28-59)60-29-16-7-17-30-60/h3-35,38-39,42-50H,36-37,40-41H2,1-2H3. The summed E-state index contributed by atoms with van der Waals surface area (Å²) >= 11 is 0. The number of hydrogen-bond acceptors (Lipinski definition) is 2. The van der Waals surface area contributed by atoms with E-state index in [1.54, 1.807) is 0 Å². The number of fused-ring (bicyclic) bond motifs is 3. The number of benzene rings is 11. The molecule has 0 atom stereocenters. The Hall–Kier alpha value is -8.98. The Morgan fingerprint density at radius 1 is 0.280 bits per heavy atom. The van der Waals surface area contributed by atoms with Crippen molar-refractivity contribution >= 4 is 34.1 Å². The molecule has 11 aromatic rings. The normalized spacial score (nSPS) is 13.1. The second-order valence-electron chi connectivity index (χ2n) is 20.7. The second-order valence-corrected chi connectivity index (χ2v) is 20.7. The fraction of sp³-hybridized carbons (Fsp3) is 0.0959. The molecule has 4 bridgehead atoms. The van der Waals surface area contributed by atoms with Crippen LogP contribution in [0.5, 0.6) is 0 Å². The van der Waals surface area contributed by atoms with Crippen LogP contribution >= 0.6 is 0 Å². The van der Waals surface area contributed by atoms with E-state index >= 15 is 0 Å². The fourth-order valence-electron chi connectivity index (χ4n) is 12.1. The lowest BCUT2D eigenvalue weighted by atomic mass is 9.81. The predicted octanol–water partition coefficient (Wildman–Crippen LogP) is 19.5. The molecule has 0 saturated heterocycles. The van der Waals surface area contributed by atoms with E-state index in [1.807, 2.05) is 0 Å². The van der Waals surface area contributed by atoms with Crippen LogP contribution in [0.15, 0.2) is 267 Å². The van der Waals surface area contributed by atoms with Gasteiger partial charge in [-0.1, -0.05) is 220 Å². The highest BCUT2D eigenvalue weighted by atomic mass is 15.2. The molecule has 0 amide bonds. The van der Waals surface area contributed by atoms with Crippen LogP contribution in [-0.4, -0.2) is 0 Å². The van der Waals surface area contributed by atoms with Gasteiger partial charge in [0.15, 0.2) is 0 Å². The zero-order chi connectivity index (χ0) is 50.3. The maximum Gasteiger partial charge on any atom is 0.0496 e. The van der Waals surface area contributed by atoms with Gasteiger partial charge >= 0.3 is 0 Å². The molecule has 2 heteroatoms. The molecule has 0 spiro atoms. The van der Waals surface area contributed by atoms with Crippen molar-refractivity contribution in [1.29, 1.82) is 0 Å². The molecule has 11 aromatic carbocycles. The van der Waals surface area contributed by atoms with Gasteiger partial charge in [0.1, 0.15) is 0 Å². The first-order valence-corrected chi connectivity index (χ1v) is 26.6. The monoisotopic (exact) mass is 962 g/mol. The molecular weight excluding hydrogens is 905 g/mol. The third-order valence-electron chi connectivity index (χ3n) is 15.8. The highest BCUT2D eigenvalue weighted by Gasteiger charge is 2.38. The summed E-state index contributed by atoms with van der Waals surface area (Å²) in [5.41, 5.74) is 27.3. The molecule has 5 aliphatic rings. The fourth-order valence-corrected chi connectivity index (χ4v) is 12.1. The van der Waals surface area contributed by atoms with Gasteiger partial charge < -0.3 is 9.80 Å². The summed E-state index contributed by atoms with van der Waals surface area (Å²) in [5.74, 6) is 0. The summed E-state index contributed by atoms with van der Waals surface area (Å²) in [7, 11) is 0. The first kappa shape index (κ1) is 45.9. The van der Waals surface area contributed by atoms with Crippen LogP contribution in [0.2, 0.25) is 0 Å². The Kier molecular flexibility index (Phi) is 11.9. The Bertz CT molecular complexity index is 3730. The first-order valence-electron chi connectivity index (χ1n) is 26.6. The predicted molar refractivity (Wildman–Crippen MR) is 316 cm³/mol. The molecule has 5 aliphatic carbocycles. The van der Waals surface area contributed by atoms with Gasteiger partial charge in [0.2, 0.25) is 0 Å². The van der Waals surface area contributed by atoms with Crippen molar-refractivity contribution < 1.29 is 0 Å². The van der Waals surface area contributed by atoms with Gasteiger partial charge in [-0.15, -0.1) is 0 Å². The Labute approximate surface area is 442 Å². The van der Waals surface area contributed by atoms with Crippen molar-refractivity contribution in [2.75, 3.05) is 9.80 Å². The van der Waals surface area contributed by atoms with E-state index < -0.39 is 0 Å². The third-order valence-corrected chi connectivity index (χ3v) is 15.8. The zero-order valence-corrected chi connectivity index (χ0v) is 42.6. The van der Waals surface area contributed by atoms with E-state index in [1.165, 1.54) is 100 Å². The Morgan fingerprint density at radius 3 is 1.23 bits per heavy atom. The highest BCUT2D eigenvalue weighted by molar-refractivity contribution is 5.98. The van der Waals surface area contributed by atoms with Gasteiger partial charge in [-0.2, -0.15) is 0 Å². The minimum Gasteiger partial charge on any atom is -0.310 e. The molecule has 75 heavy (non-hydrogen) atoms. The van der Waals surface area contributed by atoms with E-state index in [0.717, 1.165) is 48.4 Å². The van der Waals surface area contributed by atoms with Crippen molar-refractivity contribution in [2.24, 2.45) is 0 Å². The van der Waals surface area contributed by atoms with Crippen LogP contribution in [0.3, 0.4) is 0 Å². The molecule has 0 aromatic heterocycles. The van der Waals surface area contributed by atoms with Crippen molar-refractivity contribution in [3.8, 4) is 55.6 Å². The number of nitrogens with zero attached hydrogens (tertiary/aromatic N) is 2. The van der Waals surface area contributed by atoms with E-state index in [2.05, 4.69) is 291 Å². The summed E-state index contributed by atoms with van der Waals surface area (Å²) in [6.45, 7) is 4.81. The third kappa shape index (κ3) is 8.53. The summed E-state index contributed by atoms with van der Waals surface area (Å²) in [4.78, 5) is 5.03. The van der Waals surface area contributed by atoms with Crippen molar-refractivity contribution in [1.82, 2.24) is 0 Å². The zero-order valence-electron chi connectivity index (χ0n) is 42.6. The number of aryl methyl sites for hydroxylation is 4. The summed E-state index contributed by atoms with van der Waals surface area (Å²) in [6, 6.07) is 99.2. The number of rotatable bonds is 10. The van der Waals surface area contributed by atoms with Crippen LogP contribution < -0.4 is 9.80 Å². The smallest absolute Gasteiger partial charge is 0.0496 e. The molecule has 0 unspecified atom stereocenters. The van der Waals surface area contributed by atoms with E-state index in [9.17, 15) is 0 Å².